The van der Waals surface area contributed by atoms with Crippen molar-refractivity contribution in [3.8, 4) is 0 Å². The van der Waals surface area contributed by atoms with Gasteiger partial charge in [-0.2, -0.15) is 0 Å². The predicted molar refractivity (Wildman–Crippen MR) is 80.9 cm³/mol. The number of benzene rings is 1. The van der Waals surface area contributed by atoms with Gasteiger partial charge in [0.1, 0.15) is 0 Å². The molecule has 0 aromatic heterocycles. The van der Waals surface area contributed by atoms with Crippen molar-refractivity contribution >= 4 is 21.8 Å². The first-order chi connectivity index (χ1) is 9.22. The topological polar surface area (TPSA) is 32.3 Å². The van der Waals surface area contributed by atoms with E-state index >= 15 is 0 Å². The van der Waals surface area contributed by atoms with E-state index in [0.717, 1.165) is 23.9 Å². The highest BCUT2D eigenvalue weighted by Crippen LogP contribution is 2.32. The molecule has 2 rings (SSSR count). The quantitative estimate of drug-likeness (QED) is 0.667. The van der Waals surface area contributed by atoms with Gasteiger partial charge in [0.25, 0.3) is 0 Å². The van der Waals surface area contributed by atoms with E-state index in [1.165, 1.54) is 5.56 Å². The molecule has 0 radical (unpaired) electrons. The molecule has 0 spiro atoms. The van der Waals surface area contributed by atoms with Gasteiger partial charge in [0.15, 0.2) is 0 Å². The highest BCUT2D eigenvalue weighted by molar-refractivity contribution is 9.10. The summed E-state index contributed by atoms with van der Waals surface area (Å²) in [5.74, 6) is 0.171. The molecule has 0 saturated carbocycles. The fourth-order valence-electron chi connectivity index (χ4n) is 2.51. The maximum atomic E-state index is 12.2. The van der Waals surface area contributed by atoms with Crippen molar-refractivity contribution in [2.75, 3.05) is 19.6 Å². The Kier molecular flexibility index (Phi) is 5.16. The van der Waals surface area contributed by atoms with Crippen molar-refractivity contribution in [3.63, 3.8) is 0 Å². The molecule has 1 atom stereocenters. The van der Waals surface area contributed by atoms with Gasteiger partial charge in [-0.05, 0) is 30.5 Å². The van der Waals surface area contributed by atoms with Crippen LogP contribution < -0.4 is 5.32 Å². The van der Waals surface area contributed by atoms with Gasteiger partial charge in [-0.1, -0.05) is 34.1 Å². The van der Waals surface area contributed by atoms with Crippen LogP contribution in [0.1, 0.15) is 24.4 Å². The first-order valence-corrected chi connectivity index (χ1v) is 7.38. The summed E-state index contributed by atoms with van der Waals surface area (Å²) in [6.07, 6.45) is 3.89. The SMILES string of the molecule is C=CCNCC(=O)N1CCCC1c1cccc(Br)c1. The van der Waals surface area contributed by atoms with E-state index in [1.54, 1.807) is 6.08 Å². The Bertz CT molecular complexity index is 461. The number of hydrogen-bond donors (Lipinski definition) is 1. The van der Waals surface area contributed by atoms with Crippen molar-refractivity contribution in [1.82, 2.24) is 10.2 Å². The Morgan fingerprint density at radius 2 is 2.42 bits per heavy atom. The van der Waals surface area contributed by atoms with Crippen LogP contribution in [0.5, 0.6) is 0 Å². The van der Waals surface area contributed by atoms with E-state index in [4.69, 9.17) is 0 Å². The molecule has 1 aromatic rings. The summed E-state index contributed by atoms with van der Waals surface area (Å²) in [5.41, 5.74) is 1.21. The number of likely N-dealkylation sites (tertiary alicyclic amines) is 1. The van der Waals surface area contributed by atoms with Crippen LogP contribution in [-0.2, 0) is 4.79 Å². The molecule has 3 nitrogen and oxygen atoms in total. The zero-order valence-corrected chi connectivity index (χ0v) is 12.5. The summed E-state index contributed by atoms with van der Waals surface area (Å²) in [5, 5.41) is 3.08. The van der Waals surface area contributed by atoms with Gasteiger partial charge in [0.05, 0.1) is 12.6 Å². The van der Waals surface area contributed by atoms with Gasteiger partial charge < -0.3 is 10.2 Å². The van der Waals surface area contributed by atoms with Gasteiger partial charge in [0.2, 0.25) is 5.91 Å². The molecule has 1 heterocycles. The lowest BCUT2D eigenvalue weighted by Gasteiger charge is -2.25. The van der Waals surface area contributed by atoms with Crippen molar-refractivity contribution in [3.05, 3.63) is 47.0 Å². The lowest BCUT2D eigenvalue weighted by atomic mass is 10.0. The Labute approximate surface area is 122 Å². The lowest BCUT2D eigenvalue weighted by Crippen LogP contribution is -2.37. The standard InChI is InChI=1S/C15H19BrN2O/c1-2-8-17-11-15(19)18-9-4-7-14(18)12-5-3-6-13(16)10-12/h2-3,5-6,10,14,17H,1,4,7-9,11H2. The molecule has 19 heavy (non-hydrogen) atoms. The van der Waals surface area contributed by atoms with Crippen LogP contribution in [0.25, 0.3) is 0 Å². The van der Waals surface area contributed by atoms with E-state index in [-0.39, 0.29) is 11.9 Å². The number of hydrogen-bond acceptors (Lipinski definition) is 2. The number of carbonyl (C=O) groups is 1. The molecule has 1 aliphatic rings. The number of nitrogens with one attached hydrogen (secondary N) is 1. The third-order valence-corrected chi connectivity index (χ3v) is 3.86. The highest BCUT2D eigenvalue weighted by atomic mass is 79.9. The molecule has 1 saturated heterocycles. The molecule has 0 bridgehead atoms. The van der Waals surface area contributed by atoms with Crippen LogP contribution in [0.4, 0.5) is 0 Å². The van der Waals surface area contributed by atoms with E-state index in [1.807, 2.05) is 17.0 Å². The molecule has 1 N–H and O–H groups in total. The Morgan fingerprint density at radius 1 is 1.58 bits per heavy atom. The molecule has 0 aliphatic carbocycles. The fraction of sp³-hybridized carbons (Fsp3) is 0.400. The lowest BCUT2D eigenvalue weighted by molar-refractivity contribution is -0.131. The number of halogens is 1. The average molecular weight is 323 g/mol. The van der Waals surface area contributed by atoms with Crippen LogP contribution in [-0.4, -0.2) is 30.4 Å². The normalized spacial score (nSPS) is 18.6. The fourth-order valence-corrected chi connectivity index (χ4v) is 2.93. The molecule has 4 heteroatoms. The molecule has 1 aromatic carbocycles. The Morgan fingerprint density at radius 3 is 3.16 bits per heavy atom. The molecule has 1 unspecified atom stereocenters. The zero-order chi connectivity index (χ0) is 13.7. The second-order valence-corrected chi connectivity index (χ2v) is 5.64. The third kappa shape index (κ3) is 3.67. The maximum Gasteiger partial charge on any atom is 0.237 e. The van der Waals surface area contributed by atoms with Crippen LogP contribution in [0.2, 0.25) is 0 Å². The summed E-state index contributed by atoms with van der Waals surface area (Å²) in [4.78, 5) is 14.2. The van der Waals surface area contributed by atoms with Crippen molar-refractivity contribution in [2.45, 2.75) is 18.9 Å². The molecular formula is C15H19BrN2O. The van der Waals surface area contributed by atoms with Crippen LogP contribution in [0.3, 0.4) is 0 Å². The molecule has 102 valence electrons. The molecule has 1 fully saturated rings. The highest BCUT2D eigenvalue weighted by Gasteiger charge is 2.29. The van der Waals surface area contributed by atoms with Crippen molar-refractivity contribution in [1.29, 1.82) is 0 Å². The molecule has 1 amide bonds. The zero-order valence-electron chi connectivity index (χ0n) is 10.9. The maximum absolute atomic E-state index is 12.2. The second-order valence-electron chi connectivity index (χ2n) is 4.72. The van der Waals surface area contributed by atoms with Crippen LogP contribution in [0.15, 0.2) is 41.4 Å². The van der Waals surface area contributed by atoms with Gasteiger partial charge in [-0.3, -0.25) is 4.79 Å². The van der Waals surface area contributed by atoms with Gasteiger partial charge in [-0.15, -0.1) is 6.58 Å². The number of nitrogens with zero attached hydrogens (tertiary/aromatic N) is 1. The Hall–Kier alpha value is -1.13. The smallest absolute Gasteiger partial charge is 0.237 e. The summed E-state index contributed by atoms with van der Waals surface area (Å²) < 4.78 is 1.06. The molecular weight excluding hydrogens is 304 g/mol. The van der Waals surface area contributed by atoms with E-state index in [2.05, 4.69) is 40.0 Å². The van der Waals surface area contributed by atoms with Crippen LogP contribution >= 0.6 is 15.9 Å². The van der Waals surface area contributed by atoms with Crippen molar-refractivity contribution in [2.24, 2.45) is 0 Å². The first-order valence-electron chi connectivity index (χ1n) is 6.59. The van der Waals surface area contributed by atoms with Gasteiger partial charge >= 0.3 is 0 Å². The van der Waals surface area contributed by atoms with Crippen LogP contribution in [0, 0.1) is 0 Å². The van der Waals surface area contributed by atoms with E-state index in [9.17, 15) is 4.79 Å². The third-order valence-electron chi connectivity index (χ3n) is 3.37. The summed E-state index contributed by atoms with van der Waals surface area (Å²) >= 11 is 3.49. The second kappa shape index (κ2) is 6.87. The summed E-state index contributed by atoms with van der Waals surface area (Å²) in [6.45, 7) is 5.54. The number of carbonyl (C=O) groups excluding carboxylic acids is 1. The minimum atomic E-state index is 0.171. The minimum absolute atomic E-state index is 0.171. The molecule has 1 aliphatic heterocycles. The largest absolute Gasteiger partial charge is 0.335 e. The monoisotopic (exact) mass is 322 g/mol. The number of amides is 1. The van der Waals surface area contributed by atoms with Gasteiger partial charge in [-0.25, -0.2) is 0 Å². The minimum Gasteiger partial charge on any atom is -0.335 e. The van der Waals surface area contributed by atoms with Crippen molar-refractivity contribution < 1.29 is 4.79 Å². The van der Waals surface area contributed by atoms with E-state index < -0.39 is 0 Å². The summed E-state index contributed by atoms with van der Waals surface area (Å²) in [6, 6.07) is 8.45. The Balaban J connectivity index is 2.04. The average Bonchev–Trinajstić information content (AvgIpc) is 2.88. The number of rotatable bonds is 5. The first kappa shape index (κ1) is 14.3. The predicted octanol–water partition coefficient (Wildman–Crippen LogP) is 2.89. The summed E-state index contributed by atoms with van der Waals surface area (Å²) in [7, 11) is 0. The van der Waals surface area contributed by atoms with E-state index in [0.29, 0.717) is 13.1 Å². The van der Waals surface area contributed by atoms with Gasteiger partial charge in [0, 0.05) is 17.6 Å².